The molecule has 17 heteroatoms. The highest BCUT2D eigenvalue weighted by atomic mass is 32.2. The fourth-order valence-corrected chi connectivity index (χ4v) is 17.1. The monoisotopic (exact) mass is 1380 g/mol. The minimum atomic E-state index is -5.21. The van der Waals surface area contributed by atoms with Gasteiger partial charge in [0.2, 0.25) is 6.71 Å². The second-order valence-electron chi connectivity index (χ2n) is 25.8. The van der Waals surface area contributed by atoms with Crippen molar-refractivity contribution >= 4 is 143 Å². The van der Waals surface area contributed by atoms with Crippen molar-refractivity contribution in [2.24, 2.45) is 0 Å². The molecule has 0 aliphatic carbocycles. The van der Waals surface area contributed by atoms with E-state index in [-0.39, 0.29) is 49.9 Å². The fourth-order valence-electron chi connectivity index (χ4n) is 15.7. The van der Waals surface area contributed by atoms with Crippen molar-refractivity contribution < 1.29 is 39.5 Å². The molecule has 14 aromatic rings. The molecule has 0 saturated carbocycles. The van der Waals surface area contributed by atoms with E-state index in [4.69, 9.17) is 0 Å². The molecule has 0 aromatic heterocycles. The Hall–Kier alpha value is -12.1. The third kappa shape index (κ3) is 10.2. The van der Waals surface area contributed by atoms with Crippen LogP contribution in [0.5, 0.6) is 0 Å². The summed E-state index contributed by atoms with van der Waals surface area (Å²) in [5.41, 5.74) is 6.96. The topological polar surface area (TPSA) is 16.2 Å². The van der Waals surface area contributed by atoms with E-state index >= 15 is 39.5 Å². The zero-order chi connectivity index (χ0) is 70.1. The molecule has 14 aromatic carbocycles. The van der Waals surface area contributed by atoms with E-state index in [9.17, 15) is 0 Å². The SMILES string of the molecule is Cc1ccccc1N1c2cc(N(c3ccccc3)c3c(F)cccc3F)cc3c2B(c2ccccc2N3c2c(F)cccc2F)c2cc3c(c(C(F)(F)F)c21)Sc1cc(N(c2ccc(-c4ccccc4)cc2)c2cccc(-c4ccccc4)c2)cc2c1B3c1ccccc1N2c1c(F)cccc1F. The number of fused-ring (bicyclic) bond motifs is 8. The minimum Gasteiger partial charge on any atom is -0.310 e. The van der Waals surface area contributed by atoms with Crippen LogP contribution in [0.15, 0.2) is 307 Å². The Balaban J connectivity index is 0.956. The molecule has 0 N–H and O–H groups in total. The highest BCUT2D eigenvalue weighted by molar-refractivity contribution is 8.00. The average molecular weight is 1380 g/mol. The minimum absolute atomic E-state index is 0.0314. The average Bonchev–Trinajstić information content (AvgIpc) is 0.677. The Morgan fingerprint density at radius 1 is 0.311 bits per heavy atom. The normalized spacial score (nSPS) is 13.0. The van der Waals surface area contributed by atoms with E-state index in [1.165, 1.54) is 40.1 Å². The molecule has 0 bridgehead atoms. The van der Waals surface area contributed by atoms with Gasteiger partial charge in [0.25, 0.3) is 6.71 Å². The molecule has 0 unspecified atom stereocenters. The van der Waals surface area contributed by atoms with Gasteiger partial charge in [0, 0.05) is 66.7 Å². The first-order valence-corrected chi connectivity index (χ1v) is 34.2. The molecular formula is C86H52B2F9N5S. The van der Waals surface area contributed by atoms with Crippen LogP contribution >= 0.6 is 11.8 Å². The van der Waals surface area contributed by atoms with Crippen LogP contribution < -0.4 is 57.3 Å². The molecule has 4 aliphatic heterocycles. The van der Waals surface area contributed by atoms with Crippen LogP contribution in [0.4, 0.5) is 125 Å². The molecule has 103 heavy (non-hydrogen) atoms. The van der Waals surface area contributed by atoms with Gasteiger partial charge in [-0.1, -0.05) is 199 Å². The number of nitrogens with zero attached hydrogens (tertiary/aromatic N) is 5. The van der Waals surface area contributed by atoms with Gasteiger partial charge in [-0.05, 0) is 177 Å². The quantitative estimate of drug-likeness (QED) is 0.0941. The zero-order valence-corrected chi connectivity index (χ0v) is 55.3. The first-order chi connectivity index (χ1) is 50.2. The summed E-state index contributed by atoms with van der Waals surface area (Å²) in [6.07, 6.45) is -5.21. The third-order valence-corrected chi connectivity index (χ3v) is 21.2. The Kier molecular flexibility index (Phi) is 15.1. The molecule has 0 atom stereocenters. The second kappa shape index (κ2) is 24.6. The van der Waals surface area contributed by atoms with E-state index in [0.717, 1.165) is 58.3 Å². The van der Waals surface area contributed by atoms with E-state index in [2.05, 4.69) is 0 Å². The number of aryl methyl sites for hydroxylation is 1. The van der Waals surface area contributed by atoms with Crippen molar-refractivity contribution in [3.8, 4) is 22.3 Å². The molecule has 0 fully saturated rings. The summed E-state index contributed by atoms with van der Waals surface area (Å²) in [6.45, 7) is -0.446. The Labute approximate surface area is 592 Å². The summed E-state index contributed by atoms with van der Waals surface area (Å²) in [6, 6.07) is 84.0. The van der Waals surface area contributed by atoms with Crippen molar-refractivity contribution in [1.82, 2.24) is 0 Å². The Morgan fingerprint density at radius 3 is 1.28 bits per heavy atom. The maximum Gasteiger partial charge on any atom is 0.419 e. The lowest BCUT2D eigenvalue weighted by Gasteiger charge is -2.47. The Bertz CT molecular complexity index is 5710. The van der Waals surface area contributed by atoms with E-state index < -0.39 is 77.1 Å². The van der Waals surface area contributed by atoms with Crippen molar-refractivity contribution in [2.45, 2.75) is 22.9 Å². The largest absolute Gasteiger partial charge is 0.419 e. The van der Waals surface area contributed by atoms with Gasteiger partial charge in [-0.15, -0.1) is 0 Å². The summed E-state index contributed by atoms with van der Waals surface area (Å²) in [7, 11) is 0. The van der Waals surface area contributed by atoms with Gasteiger partial charge in [-0.2, -0.15) is 13.2 Å². The molecule has 0 amide bonds. The third-order valence-electron chi connectivity index (χ3n) is 20.0. The molecule has 18 rings (SSSR count). The molecule has 5 nitrogen and oxygen atoms in total. The molecular weight excluding hydrogens is 1330 g/mol. The maximum absolute atomic E-state index is 18.3. The smallest absolute Gasteiger partial charge is 0.310 e. The van der Waals surface area contributed by atoms with Gasteiger partial charge in [-0.25, -0.2) is 26.3 Å². The van der Waals surface area contributed by atoms with Crippen LogP contribution in [0.1, 0.15) is 11.1 Å². The van der Waals surface area contributed by atoms with E-state index in [0.29, 0.717) is 66.4 Å². The van der Waals surface area contributed by atoms with Gasteiger partial charge < -0.3 is 24.5 Å². The van der Waals surface area contributed by atoms with Crippen LogP contribution in [0.3, 0.4) is 0 Å². The van der Waals surface area contributed by atoms with Gasteiger partial charge in [0.15, 0.2) is 0 Å². The lowest BCUT2D eigenvalue weighted by Crippen LogP contribution is -2.65. The number of alkyl halides is 3. The summed E-state index contributed by atoms with van der Waals surface area (Å²) in [5, 5.41) is 0. The van der Waals surface area contributed by atoms with Crippen molar-refractivity contribution in [3.63, 3.8) is 0 Å². The lowest BCUT2D eigenvalue weighted by molar-refractivity contribution is -0.139. The first kappa shape index (κ1) is 63.1. The number of rotatable bonds is 11. The predicted molar refractivity (Wildman–Crippen MR) is 400 cm³/mol. The number of halogens is 9. The van der Waals surface area contributed by atoms with Gasteiger partial charge in [0.1, 0.15) is 52.0 Å². The molecule has 0 spiro atoms. The summed E-state index contributed by atoms with van der Waals surface area (Å²) >= 11 is 0.908. The van der Waals surface area contributed by atoms with E-state index in [1.54, 1.807) is 132 Å². The fraction of sp³-hybridized carbons (Fsp3) is 0.0233. The van der Waals surface area contributed by atoms with Crippen LogP contribution in [0.2, 0.25) is 0 Å². The van der Waals surface area contributed by atoms with Gasteiger partial charge in [0.05, 0.1) is 16.9 Å². The number of para-hydroxylation sites is 7. The number of hydrogen-bond donors (Lipinski definition) is 0. The second-order valence-corrected chi connectivity index (χ2v) is 26.9. The summed E-state index contributed by atoms with van der Waals surface area (Å²) in [5.74, 6) is -5.63. The van der Waals surface area contributed by atoms with Crippen LogP contribution in [0, 0.1) is 41.8 Å². The molecule has 4 heterocycles. The van der Waals surface area contributed by atoms with Crippen molar-refractivity contribution in [3.05, 3.63) is 343 Å². The van der Waals surface area contributed by atoms with Crippen LogP contribution in [-0.2, 0) is 6.18 Å². The summed E-state index contributed by atoms with van der Waals surface area (Å²) < 4.78 is 157. The summed E-state index contributed by atoms with van der Waals surface area (Å²) in [4.78, 5) is 8.04. The highest BCUT2D eigenvalue weighted by Crippen LogP contribution is 2.56. The molecule has 0 saturated heterocycles. The zero-order valence-electron chi connectivity index (χ0n) is 54.5. The molecule has 0 radical (unpaired) electrons. The predicted octanol–water partition coefficient (Wildman–Crippen LogP) is 21.0. The first-order valence-electron chi connectivity index (χ1n) is 33.4. The van der Waals surface area contributed by atoms with Crippen molar-refractivity contribution in [2.75, 3.05) is 24.5 Å². The number of anilines is 15. The highest BCUT2D eigenvalue weighted by Gasteiger charge is 2.53. The standard InChI is InChI=1S/C86H52B2F9N5S/c1-51-21-11-14-38-71(51)100-74-46-59(99(56-27-9-4-10-28-56)82-65(89)32-18-33-66(82)90)47-75-79(74)87(61-30-12-15-39-72(61)101(75)83-67(91)34-19-35-68(83)92)63-50-64-85(78(81(63)100)86(95,96)97)103-77-49-60(48-76-80(77)88(64)62-31-13-16-40-73(62)102(76)84-69(93)36-20-37-70(84)94)98(57-43-41-54(42-44-57)52-22-5-2-6-23-52)58-29-17-26-55(45-58)53-24-7-3-8-25-53/h2-50H,1H3. The number of benzene rings is 14. The van der Waals surface area contributed by atoms with Gasteiger partial charge >= 0.3 is 6.18 Å². The van der Waals surface area contributed by atoms with Crippen LogP contribution in [-0.4, -0.2) is 13.4 Å². The van der Waals surface area contributed by atoms with Gasteiger partial charge in [-0.3, -0.25) is 0 Å². The Morgan fingerprint density at radius 2 is 0.728 bits per heavy atom. The van der Waals surface area contributed by atoms with Crippen LogP contribution in [0.25, 0.3) is 22.3 Å². The van der Waals surface area contributed by atoms with E-state index in [1.807, 2.05) is 132 Å². The molecule has 4 aliphatic rings. The number of hydrogen-bond acceptors (Lipinski definition) is 6. The van der Waals surface area contributed by atoms with Crippen molar-refractivity contribution in [1.29, 1.82) is 0 Å². The maximum atomic E-state index is 18.3. The lowest BCUT2D eigenvalue weighted by atomic mass is 9.30. The molecule has 496 valence electrons.